The molecule has 0 bridgehead atoms. The summed E-state index contributed by atoms with van der Waals surface area (Å²) in [6.07, 6.45) is 7.50. The first-order valence-corrected chi connectivity index (χ1v) is 9.10. The second-order valence-electron chi connectivity index (χ2n) is 6.91. The number of nitrogens with zero attached hydrogens (tertiary/aromatic N) is 1. The molecule has 1 atom stereocenters. The van der Waals surface area contributed by atoms with Gasteiger partial charge in [-0.3, -0.25) is 9.59 Å². The summed E-state index contributed by atoms with van der Waals surface area (Å²) in [4.78, 5) is 26.3. The summed E-state index contributed by atoms with van der Waals surface area (Å²) in [5, 5.41) is 3.11. The maximum absolute atomic E-state index is 12.6. The Bertz CT molecular complexity index is 596. The normalized spacial score (nSPS) is 20.2. The summed E-state index contributed by atoms with van der Waals surface area (Å²) in [5.74, 6) is 0.523. The lowest BCUT2D eigenvalue weighted by molar-refractivity contribution is -0.117. The molecule has 2 aliphatic rings. The van der Waals surface area contributed by atoms with Crippen LogP contribution in [0.5, 0.6) is 0 Å². The fourth-order valence-electron chi connectivity index (χ4n) is 3.89. The zero-order chi connectivity index (χ0) is 16.9. The van der Waals surface area contributed by atoms with Crippen molar-refractivity contribution in [1.82, 2.24) is 5.32 Å². The molecule has 130 valence electrons. The maximum Gasteiger partial charge on any atom is 0.251 e. The summed E-state index contributed by atoms with van der Waals surface area (Å²) in [6.45, 7) is 1.21. The van der Waals surface area contributed by atoms with Crippen molar-refractivity contribution in [3.8, 4) is 0 Å². The van der Waals surface area contributed by atoms with Gasteiger partial charge >= 0.3 is 0 Å². The van der Waals surface area contributed by atoms with Crippen molar-refractivity contribution in [3.63, 3.8) is 0 Å². The van der Waals surface area contributed by atoms with Crippen molar-refractivity contribution < 1.29 is 9.59 Å². The fraction of sp³-hybridized carbons (Fsp3) is 0.579. The van der Waals surface area contributed by atoms with Crippen molar-refractivity contribution in [1.29, 1.82) is 0 Å². The van der Waals surface area contributed by atoms with Crippen molar-refractivity contribution >= 4 is 17.5 Å². The van der Waals surface area contributed by atoms with Crippen LogP contribution in [0.2, 0.25) is 0 Å². The van der Waals surface area contributed by atoms with E-state index in [1.54, 1.807) is 11.0 Å². The standard InChI is InChI=1S/C19H27N3O2/c20-13-17(14-6-2-1-3-7-14)21-19(24)15-8-4-9-16(12-15)22-11-5-10-18(22)23/h4,8-9,12,14,17H,1-3,5-7,10-11,13,20H2,(H,21,24). The van der Waals surface area contributed by atoms with Crippen LogP contribution in [-0.2, 0) is 4.79 Å². The van der Waals surface area contributed by atoms with Gasteiger partial charge in [-0.1, -0.05) is 25.3 Å². The second-order valence-corrected chi connectivity index (χ2v) is 6.91. The molecule has 1 aliphatic carbocycles. The summed E-state index contributed by atoms with van der Waals surface area (Å²) >= 11 is 0. The lowest BCUT2D eigenvalue weighted by atomic mass is 9.84. The number of rotatable bonds is 5. The van der Waals surface area contributed by atoms with Gasteiger partial charge in [0, 0.05) is 36.8 Å². The predicted molar refractivity (Wildman–Crippen MR) is 94.9 cm³/mol. The zero-order valence-electron chi connectivity index (χ0n) is 14.2. The Hall–Kier alpha value is -1.88. The molecule has 3 N–H and O–H groups in total. The number of hydrogen-bond acceptors (Lipinski definition) is 3. The smallest absolute Gasteiger partial charge is 0.251 e. The van der Waals surface area contributed by atoms with Gasteiger partial charge in [0.1, 0.15) is 0 Å². The van der Waals surface area contributed by atoms with Crippen LogP contribution in [0.25, 0.3) is 0 Å². The van der Waals surface area contributed by atoms with E-state index in [0.29, 0.717) is 24.4 Å². The van der Waals surface area contributed by atoms with E-state index < -0.39 is 0 Å². The quantitative estimate of drug-likeness (QED) is 0.871. The van der Waals surface area contributed by atoms with Crippen molar-refractivity contribution in [2.45, 2.75) is 51.0 Å². The van der Waals surface area contributed by atoms with E-state index in [-0.39, 0.29) is 17.9 Å². The lowest BCUT2D eigenvalue weighted by Crippen LogP contribution is -2.45. The number of benzene rings is 1. The van der Waals surface area contributed by atoms with E-state index in [9.17, 15) is 9.59 Å². The van der Waals surface area contributed by atoms with Gasteiger partial charge in [-0.25, -0.2) is 0 Å². The molecular weight excluding hydrogens is 302 g/mol. The molecule has 1 saturated heterocycles. The highest BCUT2D eigenvalue weighted by molar-refractivity contribution is 5.99. The first-order valence-electron chi connectivity index (χ1n) is 9.10. The van der Waals surface area contributed by atoms with Crippen molar-refractivity contribution in [3.05, 3.63) is 29.8 Å². The van der Waals surface area contributed by atoms with Crippen LogP contribution in [-0.4, -0.2) is 30.9 Å². The minimum Gasteiger partial charge on any atom is -0.348 e. The van der Waals surface area contributed by atoms with Gasteiger partial charge in [0.15, 0.2) is 0 Å². The van der Waals surface area contributed by atoms with Crippen LogP contribution in [0.15, 0.2) is 24.3 Å². The SMILES string of the molecule is NCC(NC(=O)c1cccc(N2CCCC2=O)c1)C1CCCCC1. The average Bonchev–Trinajstić information content (AvgIpc) is 3.06. The third kappa shape index (κ3) is 3.78. The molecule has 24 heavy (non-hydrogen) atoms. The van der Waals surface area contributed by atoms with Crippen molar-refractivity contribution in [2.75, 3.05) is 18.0 Å². The molecule has 5 heteroatoms. The van der Waals surface area contributed by atoms with Crippen LogP contribution in [0.3, 0.4) is 0 Å². The molecule has 1 saturated carbocycles. The first-order chi connectivity index (χ1) is 11.7. The minimum absolute atomic E-state index is 0.0369. The Kier molecular flexibility index (Phi) is 5.51. The molecule has 1 unspecified atom stereocenters. The molecule has 0 spiro atoms. The Morgan fingerprint density at radius 2 is 2.04 bits per heavy atom. The summed E-state index contributed by atoms with van der Waals surface area (Å²) in [5.41, 5.74) is 7.32. The second kappa shape index (κ2) is 7.79. The van der Waals surface area contributed by atoms with E-state index in [2.05, 4.69) is 5.32 Å². The van der Waals surface area contributed by atoms with Crippen LogP contribution < -0.4 is 16.0 Å². The summed E-state index contributed by atoms with van der Waals surface area (Å²) < 4.78 is 0. The third-order valence-corrected chi connectivity index (χ3v) is 5.28. The topological polar surface area (TPSA) is 75.4 Å². The fourth-order valence-corrected chi connectivity index (χ4v) is 3.89. The van der Waals surface area contributed by atoms with E-state index >= 15 is 0 Å². The number of carbonyl (C=O) groups is 2. The van der Waals surface area contributed by atoms with Gasteiger partial charge in [-0.2, -0.15) is 0 Å². The molecule has 1 heterocycles. The van der Waals surface area contributed by atoms with Crippen molar-refractivity contribution in [2.24, 2.45) is 11.7 Å². The van der Waals surface area contributed by atoms with E-state index in [1.165, 1.54) is 19.3 Å². The van der Waals surface area contributed by atoms with Gasteiger partial charge in [0.2, 0.25) is 5.91 Å². The molecule has 0 radical (unpaired) electrons. The monoisotopic (exact) mass is 329 g/mol. The van der Waals surface area contributed by atoms with Gasteiger partial charge in [0.25, 0.3) is 5.91 Å². The average molecular weight is 329 g/mol. The maximum atomic E-state index is 12.6. The molecule has 1 aromatic rings. The molecule has 5 nitrogen and oxygen atoms in total. The highest BCUT2D eigenvalue weighted by atomic mass is 16.2. The number of amides is 2. The van der Waals surface area contributed by atoms with Crippen LogP contribution in [0, 0.1) is 5.92 Å². The summed E-state index contributed by atoms with van der Waals surface area (Å²) in [7, 11) is 0. The van der Waals surface area contributed by atoms with E-state index in [1.807, 2.05) is 18.2 Å². The van der Waals surface area contributed by atoms with Crippen LogP contribution >= 0.6 is 0 Å². The molecular formula is C19H27N3O2. The Morgan fingerprint density at radius 3 is 2.71 bits per heavy atom. The van der Waals surface area contributed by atoms with Crippen LogP contribution in [0.1, 0.15) is 55.3 Å². The Morgan fingerprint density at radius 1 is 1.25 bits per heavy atom. The molecule has 0 aromatic heterocycles. The third-order valence-electron chi connectivity index (χ3n) is 5.28. The lowest BCUT2D eigenvalue weighted by Gasteiger charge is -2.30. The van der Waals surface area contributed by atoms with Gasteiger partial charge in [-0.15, -0.1) is 0 Å². The number of anilines is 1. The highest BCUT2D eigenvalue weighted by Gasteiger charge is 2.25. The molecule has 1 aromatic carbocycles. The van der Waals surface area contributed by atoms with E-state index in [4.69, 9.17) is 5.73 Å². The molecule has 2 amide bonds. The number of nitrogens with two attached hydrogens (primary N) is 1. The molecule has 1 aliphatic heterocycles. The van der Waals surface area contributed by atoms with E-state index in [0.717, 1.165) is 31.5 Å². The molecule has 2 fully saturated rings. The number of hydrogen-bond donors (Lipinski definition) is 2. The first kappa shape index (κ1) is 17.0. The van der Waals surface area contributed by atoms with Gasteiger partial charge < -0.3 is 16.0 Å². The van der Waals surface area contributed by atoms with Gasteiger partial charge in [-0.05, 0) is 43.4 Å². The van der Waals surface area contributed by atoms with Crippen LogP contribution in [0.4, 0.5) is 5.69 Å². The predicted octanol–water partition coefficient (Wildman–Crippen LogP) is 2.45. The van der Waals surface area contributed by atoms with Gasteiger partial charge in [0.05, 0.1) is 0 Å². The molecule has 3 rings (SSSR count). The highest BCUT2D eigenvalue weighted by Crippen LogP contribution is 2.27. The Balaban J connectivity index is 1.68. The zero-order valence-corrected chi connectivity index (χ0v) is 14.2. The largest absolute Gasteiger partial charge is 0.348 e. The number of nitrogens with one attached hydrogen (secondary N) is 1. The Labute approximate surface area is 143 Å². The number of carbonyl (C=O) groups excluding carboxylic acids is 2. The minimum atomic E-state index is -0.0930. The summed E-state index contributed by atoms with van der Waals surface area (Å²) in [6, 6.07) is 7.38.